The largest absolute Gasteiger partial charge is 0.310 e. The highest BCUT2D eigenvalue weighted by molar-refractivity contribution is 5.08. The van der Waals surface area contributed by atoms with Crippen LogP contribution in [0.25, 0.3) is 0 Å². The van der Waals surface area contributed by atoms with Crippen molar-refractivity contribution in [1.29, 1.82) is 0 Å². The number of hydrogen-bond donors (Lipinski definition) is 1. The zero-order valence-corrected chi connectivity index (χ0v) is 8.74. The molecule has 1 aliphatic carbocycles. The first kappa shape index (κ1) is 9.66. The third-order valence-electron chi connectivity index (χ3n) is 3.15. The molecule has 76 valence electrons. The van der Waals surface area contributed by atoms with Gasteiger partial charge in [0.25, 0.3) is 0 Å². The third-order valence-corrected chi connectivity index (χ3v) is 3.15. The van der Waals surface area contributed by atoms with Crippen molar-refractivity contribution in [2.45, 2.75) is 38.8 Å². The van der Waals surface area contributed by atoms with Crippen molar-refractivity contribution < 1.29 is 0 Å². The van der Waals surface area contributed by atoms with Crippen LogP contribution in [0.3, 0.4) is 0 Å². The average molecular weight is 190 g/mol. The lowest BCUT2D eigenvalue weighted by Gasteiger charge is -2.16. The van der Waals surface area contributed by atoms with Gasteiger partial charge in [0.2, 0.25) is 0 Å². The predicted octanol–water partition coefficient (Wildman–Crippen LogP) is 2.36. The molecular formula is C12H18N2. The molecule has 1 fully saturated rings. The first-order valence-electron chi connectivity index (χ1n) is 5.48. The summed E-state index contributed by atoms with van der Waals surface area (Å²) in [5.74, 6) is 0.840. The van der Waals surface area contributed by atoms with Crippen LogP contribution in [0, 0.1) is 5.92 Å². The van der Waals surface area contributed by atoms with Crippen molar-refractivity contribution in [1.82, 2.24) is 10.3 Å². The van der Waals surface area contributed by atoms with Gasteiger partial charge in [0, 0.05) is 25.0 Å². The van der Waals surface area contributed by atoms with Crippen LogP contribution >= 0.6 is 0 Å². The molecule has 1 aliphatic rings. The minimum atomic E-state index is 0.718. The minimum absolute atomic E-state index is 0.718. The first-order chi connectivity index (χ1) is 6.86. The van der Waals surface area contributed by atoms with Gasteiger partial charge in [-0.2, -0.15) is 0 Å². The number of pyridine rings is 1. The van der Waals surface area contributed by atoms with E-state index in [1.54, 1.807) is 0 Å². The number of nitrogens with zero attached hydrogens (tertiary/aromatic N) is 1. The van der Waals surface area contributed by atoms with Crippen molar-refractivity contribution in [3.63, 3.8) is 0 Å². The molecule has 14 heavy (non-hydrogen) atoms. The second-order valence-corrected chi connectivity index (χ2v) is 4.26. The zero-order chi connectivity index (χ0) is 9.80. The Morgan fingerprint density at radius 2 is 2.43 bits per heavy atom. The maximum absolute atomic E-state index is 4.11. The van der Waals surface area contributed by atoms with Crippen LogP contribution < -0.4 is 5.32 Å². The van der Waals surface area contributed by atoms with Gasteiger partial charge in [-0.15, -0.1) is 0 Å². The second-order valence-electron chi connectivity index (χ2n) is 4.26. The van der Waals surface area contributed by atoms with Crippen molar-refractivity contribution in [2.75, 3.05) is 0 Å². The van der Waals surface area contributed by atoms with Gasteiger partial charge in [-0.05, 0) is 30.4 Å². The lowest BCUT2D eigenvalue weighted by atomic mass is 10.1. The summed E-state index contributed by atoms with van der Waals surface area (Å²) in [4.78, 5) is 4.11. The molecule has 2 nitrogen and oxygen atoms in total. The van der Waals surface area contributed by atoms with E-state index in [-0.39, 0.29) is 0 Å². The normalized spacial score (nSPS) is 26.6. The van der Waals surface area contributed by atoms with Crippen molar-refractivity contribution >= 4 is 0 Å². The van der Waals surface area contributed by atoms with Crippen LogP contribution in [-0.2, 0) is 6.54 Å². The van der Waals surface area contributed by atoms with Crippen LogP contribution in [0.1, 0.15) is 31.7 Å². The van der Waals surface area contributed by atoms with Crippen molar-refractivity contribution in [2.24, 2.45) is 5.92 Å². The summed E-state index contributed by atoms with van der Waals surface area (Å²) in [6.07, 6.45) is 7.85. The van der Waals surface area contributed by atoms with Crippen LogP contribution in [0.5, 0.6) is 0 Å². The Hall–Kier alpha value is -0.890. The highest BCUT2D eigenvalue weighted by Gasteiger charge is 2.22. The van der Waals surface area contributed by atoms with Crippen LogP contribution in [0.4, 0.5) is 0 Å². The molecular weight excluding hydrogens is 172 g/mol. The Morgan fingerprint density at radius 3 is 3.07 bits per heavy atom. The fourth-order valence-electron chi connectivity index (χ4n) is 2.20. The Morgan fingerprint density at radius 1 is 1.50 bits per heavy atom. The van der Waals surface area contributed by atoms with Gasteiger partial charge in [-0.1, -0.05) is 19.4 Å². The molecule has 0 amide bonds. The molecule has 0 unspecified atom stereocenters. The topological polar surface area (TPSA) is 24.9 Å². The summed E-state index contributed by atoms with van der Waals surface area (Å²) >= 11 is 0. The van der Waals surface area contributed by atoms with Crippen molar-refractivity contribution in [3.05, 3.63) is 30.1 Å². The highest BCUT2D eigenvalue weighted by atomic mass is 14.9. The fraction of sp³-hybridized carbons (Fsp3) is 0.583. The maximum atomic E-state index is 4.11. The Bertz CT molecular complexity index is 271. The van der Waals surface area contributed by atoms with E-state index in [0.29, 0.717) is 0 Å². The predicted molar refractivity (Wildman–Crippen MR) is 57.9 cm³/mol. The lowest BCUT2D eigenvalue weighted by Crippen LogP contribution is -2.30. The number of nitrogens with one attached hydrogen (secondary N) is 1. The van der Waals surface area contributed by atoms with Gasteiger partial charge in [0.05, 0.1) is 0 Å². The van der Waals surface area contributed by atoms with E-state index in [1.807, 2.05) is 18.5 Å². The third kappa shape index (κ3) is 2.32. The maximum Gasteiger partial charge on any atom is 0.0312 e. The summed E-state index contributed by atoms with van der Waals surface area (Å²) in [7, 11) is 0. The molecule has 0 aliphatic heterocycles. The van der Waals surface area contributed by atoms with Gasteiger partial charge >= 0.3 is 0 Å². The summed E-state index contributed by atoms with van der Waals surface area (Å²) in [5, 5.41) is 3.61. The van der Waals surface area contributed by atoms with Gasteiger partial charge in [0.1, 0.15) is 0 Å². The van der Waals surface area contributed by atoms with Gasteiger partial charge < -0.3 is 5.32 Å². The van der Waals surface area contributed by atoms with Crippen molar-refractivity contribution in [3.8, 4) is 0 Å². The van der Waals surface area contributed by atoms with E-state index < -0.39 is 0 Å². The summed E-state index contributed by atoms with van der Waals surface area (Å²) in [6, 6.07) is 4.84. The molecule has 2 atom stereocenters. The SMILES string of the molecule is C[C@H]1CCC[C@@H]1NCc1cccnc1. The van der Waals surface area contributed by atoms with E-state index in [2.05, 4.69) is 23.3 Å². The molecule has 2 heteroatoms. The monoisotopic (exact) mass is 190 g/mol. The van der Waals surface area contributed by atoms with Gasteiger partial charge in [-0.25, -0.2) is 0 Å². The van der Waals surface area contributed by atoms with Gasteiger partial charge in [-0.3, -0.25) is 4.98 Å². The quantitative estimate of drug-likeness (QED) is 0.791. The molecule has 1 saturated carbocycles. The number of aromatic nitrogens is 1. The smallest absolute Gasteiger partial charge is 0.0312 e. The standard InChI is InChI=1S/C12H18N2/c1-10-4-2-6-12(10)14-9-11-5-3-7-13-8-11/h3,5,7-8,10,12,14H,2,4,6,9H2,1H3/t10-,12-/m0/s1. The first-order valence-corrected chi connectivity index (χ1v) is 5.48. The Kier molecular flexibility index (Phi) is 3.14. The Balaban J connectivity index is 1.82. The summed E-state index contributed by atoms with van der Waals surface area (Å²) in [5.41, 5.74) is 1.28. The number of rotatable bonds is 3. The molecule has 0 bridgehead atoms. The molecule has 1 aromatic rings. The highest BCUT2D eigenvalue weighted by Crippen LogP contribution is 2.24. The average Bonchev–Trinajstić information content (AvgIpc) is 2.63. The molecule has 0 saturated heterocycles. The molecule has 0 radical (unpaired) electrons. The van der Waals surface area contributed by atoms with E-state index in [4.69, 9.17) is 0 Å². The lowest BCUT2D eigenvalue weighted by molar-refractivity contribution is 0.426. The molecule has 0 spiro atoms. The summed E-state index contributed by atoms with van der Waals surface area (Å²) < 4.78 is 0. The van der Waals surface area contributed by atoms with Gasteiger partial charge in [0.15, 0.2) is 0 Å². The molecule has 0 aromatic carbocycles. The molecule has 1 heterocycles. The minimum Gasteiger partial charge on any atom is -0.310 e. The Labute approximate surface area is 85.7 Å². The van der Waals surface area contributed by atoms with Crippen LogP contribution in [0.15, 0.2) is 24.5 Å². The van der Waals surface area contributed by atoms with E-state index in [1.165, 1.54) is 24.8 Å². The van der Waals surface area contributed by atoms with E-state index in [9.17, 15) is 0 Å². The zero-order valence-electron chi connectivity index (χ0n) is 8.74. The van der Waals surface area contributed by atoms with Crippen LogP contribution in [0.2, 0.25) is 0 Å². The molecule has 1 N–H and O–H groups in total. The van der Waals surface area contributed by atoms with E-state index >= 15 is 0 Å². The summed E-state index contributed by atoms with van der Waals surface area (Å²) in [6.45, 7) is 3.30. The van der Waals surface area contributed by atoms with E-state index in [0.717, 1.165) is 18.5 Å². The second kappa shape index (κ2) is 4.56. The van der Waals surface area contributed by atoms with Crippen LogP contribution in [-0.4, -0.2) is 11.0 Å². The molecule has 1 aromatic heterocycles. The molecule has 2 rings (SSSR count). The number of hydrogen-bond acceptors (Lipinski definition) is 2. The fourth-order valence-corrected chi connectivity index (χ4v) is 2.20.